The van der Waals surface area contributed by atoms with Crippen LogP contribution in [0.1, 0.15) is 11.3 Å². The number of aromatic nitrogens is 2. The topological polar surface area (TPSA) is 56.1 Å². The number of nitrogens with one attached hydrogen (secondary N) is 1. The minimum Gasteiger partial charge on any atom is -0.468 e. The first-order chi connectivity index (χ1) is 6.63. The van der Waals surface area contributed by atoms with E-state index in [1.807, 2.05) is 20.2 Å². The third-order valence-electron chi connectivity index (χ3n) is 1.93. The summed E-state index contributed by atoms with van der Waals surface area (Å²) in [5.41, 5.74) is 2.07. The van der Waals surface area contributed by atoms with Gasteiger partial charge in [-0.3, -0.25) is 9.48 Å². The standard InChI is InChI=1S/C9H15N3O2/c1-7-8(6-12(2)11-7)4-10-5-9(13)14-3/h6,10H,4-5H2,1-3H3. The van der Waals surface area contributed by atoms with Crippen LogP contribution in [-0.4, -0.2) is 29.4 Å². The second-order valence-electron chi connectivity index (χ2n) is 3.09. The van der Waals surface area contributed by atoms with Crippen molar-refractivity contribution in [2.24, 2.45) is 7.05 Å². The van der Waals surface area contributed by atoms with Crippen molar-refractivity contribution in [3.8, 4) is 0 Å². The average molecular weight is 197 g/mol. The van der Waals surface area contributed by atoms with E-state index in [1.54, 1.807) is 4.68 Å². The Morgan fingerprint density at radius 1 is 1.71 bits per heavy atom. The lowest BCUT2D eigenvalue weighted by Crippen LogP contribution is -2.23. The first-order valence-electron chi connectivity index (χ1n) is 4.40. The fraction of sp³-hybridized carbons (Fsp3) is 0.556. The van der Waals surface area contributed by atoms with Crippen LogP contribution in [0.25, 0.3) is 0 Å². The average Bonchev–Trinajstić information content (AvgIpc) is 2.45. The summed E-state index contributed by atoms with van der Waals surface area (Å²) in [6.07, 6.45) is 1.93. The number of esters is 1. The number of carbonyl (C=O) groups excluding carboxylic acids is 1. The number of aryl methyl sites for hydroxylation is 2. The summed E-state index contributed by atoms with van der Waals surface area (Å²) >= 11 is 0. The van der Waals surface area contributed by atoms with Gasteiger partial charge in [0, 0.05) is 25.4 Å². The van der Waals surface area contributed by atoms with Crippen LogP contribution in [0, 0.1) is 6.92 Å². The number of hydrogen-bond acceptors (Lipinski definition) is 4. The molecule has 1 aromatic rings. The molecule has 0 fully saturated rings. The van der Waals surface area contributed by atoms with E-state index < -0.39 is 0 Å². The molecule has 1 N–H and O–H groups in total. The Morgan fingerprint density at radius 3 is 2.93 bits per heavy atom. The summed E-state index contributed by atoms with van der Waals surface area (Å²) in [4.78, 5) is 10.8. The van der Waals surface area contributed by atoms with Gasteiger partial charge in [-0.15, -0.1) is 0 Å². The lowest BCUT2D eigenvalue weighted by Gasteiger charge is -2.01. The van der Waals surface area contributed by atoms with Crippen LogP contribution < -0.4 is 5.32 Å². The number of methoxy groups -OCH3 is 1. The summed E-state index contributed by atoms with van der Waals surface area (Å²) in [6, 6.07) is 0. The third-order valence-corrected chi connectivity index (χ3v) is 1.93. The fourth-order valence-electron chi connectivity index (χ4n) is 1.19. The molecule has 0 atom stereocenters. The van der Waals surface area contributed by atoms with Gasteiger partial charge >= 0.3 is 5.97 Å². The molecule has 0 radical (unpaired) electrons. The van der Waals surface area contributed by atoms with Gasteiger partial charge in [0.1, 0.15) is 0 Å². The zero-order valence-electron chi connectivity index (χ0n) is 8.70. The Bertz CT molecular complexity index is 320. The van der Waals surface area contributed by atoms with Crippen molar-refractivity contribution in [2.45, 2.75) is 13.5 Å². The van der Waals surface area contributed by atoms with Crippen LogP contribution in [-0.2, 0) is 23.1 Å². The minimum atomic E-state index is -0.258. The van der Waals surface area contributed by atoms with E-state index in [0.717, 1.165) is 11.3 Å². The molecule has 0 spiro atoms. The first kappa shape index (κ1) is 10.7. The normalized spacial score (nSPS) is 10.2. The van der Waals surface area contributed by atoms with E-state index in [4.69, 9.17) is 0 Å². The highest BCUT2D eigenvalue weighted by Crippen LogP contribution is 2.03. The number of ether oxygens (including phenoxy) is 1. The van der Waals surface area contributed by atoms with Gasteiger partial charge in [0.25, 0.3) is 0 Å². The molecule has 0 aliphatic carbocycles. The monoisotopic (exact) mass is 197 g/mol. The molecule has 0 saturated carbocycles. The second kappa shape index (κ2) is 4.76. The van der Waals surface area contributed by atoms with Crippen molar-refractivity contribution in [1.29, 1.82) is 0 Å². The Labute approximate surface area is 83.1 Å². The summed E-state index contributed by atoms with van der Waals surface area (Å²) in [5.74, 6) is -0.258. The third kappa shape index (κ3) is 2.85. The van der Waals surface area contributed by atoms with E-state index in [-0.39, 0.29) is 12.5 Å². The number of hydrogen-bond donors (Lipinski definition) is 1. The molecular formula is C9H15N3O2. The quantitative estimate of drug-likeness (QED) is 0.690. The number of rotatable bonds is 4. The molecule has 5 nitrogen and oxygen atoms in total. The van der Waals surface area contributed by atoms with Crippen LogP contribution in [0.3, 0.4) is 0 Å². The number of carbonyl (C=O) groups is 1. The molecule has 0 aromatic carbocycles. The Hall–Kier alpha value is -1.36. The van der Waals surface area contributed by atoms with E-state index in [0.29, 0.717) is 6.54 Å². The molecule has 1 rings (SSSR count). The van der Waals surface area contributed by atoms with Crippen molar-refractivity contribution in [2.75, 3.05) is 13.7 Å². The van der Waals surface area contributed by atoms with Crippen LogP contribution in [0.4, 0.5) is 0 Å². The van der Waals surface area contributed by atoms with Crippen molar-refractivity contribution < 1.29 is 9.53 Å². The minimum absolute atomic E-state index is 0.227. The predicted octanol–water partition coefficient (Wildman–Crippen LogP) is -0.00888. The van der Waals surface area contributed by atoms with Crippen molar-refractivity contribution >= 4 is 5.97 Å². The second-order valence-corrected chi connectivity index (χ2v) is 3.09. The lowest BCUT2D eigenvalue weighted by molar-refractivity contribution is -0.139. The van der Waals surface area contributed by atoms with E-state index in [2.05, 4.69) is 15.2 Å². The smallest absolute Gasteiger partial charge is 0.319 e. The van der Waals surface area contributed by atoms with Crippen LogP contribution in [0.2, 0.25) is 0 Å². The van der Waals surface area contributed by atoms with Crippen LogP contribution in [0.15, 0.2) is 6.20 Å². The van der Waals surface area contributed by atoms with Gasteiger partial charge in [-0.1, -0.05) is 0 Å². The first-order valence-corrected chi connectivity index (χ1v) is 4.40. The molecule has 5 heteroatoms. The van der Waals surface area contributed by atoms with Gasteiger partial charge in [-0.25, -0.2) is 0 Å². The summed E-state index contributed by atoms with van der Waals surface area (Å²) in [7, 11) is 3.25. The zero-order valence-corrected chi connectivity index (χ0v) is 8.70. The van der Waals surface area contributed by atoms with E-state index >= 15 is 0 Å². The van der Waals surface area contributed by atoms with Crippen molar-refractivity contribution in [1.82, 2.24) is 15.1 Å². The fourth-order valence-corrected chi connectivity index (χ4v) is 1.19. The van der Waals surface area contributed by atoms with Gasteiger partial charge < -0.3 is 10.1 Å². The molecule has 0 saturated heterocycles. The molecular weight excluding hydrogens is 182 g/mol. The zero-order chi connectivity index (χ0) is 10.6. The highest BCUT2D eigenvalue weighted by Gasteiger charge is 2.03. The van der Waals surface area contributed by atoms with Crippen LogP contribution in [0.5, 0.6) is 0 Å². The summed E-state index contributed by atoms with van der Waals surface area (Å²) in [6.45, 7) is 2.80. The Morgan fingerprint density at radius 2 is 2.43 bits per heavy atom. The molecule has 0 amide bonds. The Balaban J connectivity index is 2.38. The highest BCUT2D eigenvalue weighted by atomic mass is 16.5. The van der Waals surface area contributed by atoms with Crippen molar-refractivity contribution in [3.63, 3.8) is 0 Å². The highest BCUT2D eigenvalue weighted by molar-refractivity contribution is 5.71. The van der Waals surface area contributed by atoms with Gasteiger partial charge in [0.05, 0.1) is 19.3 Å². The molecule has 0 aliphatic rings. The van der Waals surface area contributed by atoms with E-state index in [9.17, 15) is 4.79 Å². The summed E-state index contributed by atoms with van der Waals surface area (Å²) < 4.78 is 6.26. The molecule has 1 aromatic heterocycles. The SMILES string of the molecule is COC(=O)CNCc1cn(C)nc1C. The van der Waals surface area contributed by atoms with Crippen LogP contribution >= 0.6 is 0 Å². The molecule has 0 aliphatic heterocycles. The predicted molar refractivity (Wildman–Crippen MR) is 51.7 cm³/mol. The van der Waals surface area contributed by atoms with Gasteiger partial charge in [0.2, 0.25) is 0 Å². The number of nitrogens with zero attached hydrogens (tertiary/aromatic N) is 2. The maximum atomic E-state index is 10.8. The molecule has 14 heavy (non-hydrogen) atoms. The maximum absolute atomic E-state index is 10.8. The maximum Gasteiger partial charge on any atom is 0.319 e. The van der Waals surface area contributed by atoms with E-state index in [1.165, 1.54) is 7.11 Å². The molecule has 0 unspecified atom stereocenters. The Kier molecular flexibility index (Phi) is 3.64. The largest absolute Gasteiger partial charge is 0.468 e. The van der Waals surface area contributed by atoms with Gasteiger partial charge in [0.15, 0.2) is 0 Å². The molecule has 1 heterocycles. The van der Waals surface area contributed by atoms with Gasteiger partial charge in [-0.05, 0) is 6.92 Å². The van der Waals surface area contributed by atoms with Gasteiger partial charge in [-0.2, -0.15) is 5.10 Å². The summed E-state index contributed by atoms with van der Waals surface area (Å²) in [5, 5.41) is 7.17. The van der Waals surface area contributed by atoms with Crippen molar-refractivity contribution in [3.05, 3.63) is 17.5 Å². The molecule has 0 bridgehead atoms. The molecule has 78 valence electrons. The lowest BCUT2D eigenvalue weighted by atomic mass is 10.2.